The van der Waals surface area contributed by atoms with Crippen molar-refractivity contribution in [1.29, 1.82) is 0 Å². The van der Waals surface area contributed by atoms with E-state index in [1.165, 1.54) is 12.3 Å². The maximum absolute atomic E-state index is 12.8. The summed E-state index contributed by atoms with van der Waals surface area (Å²) in [5, 5.41) is 2.95. The third kappa shape index (κ3) is 2.22. The first-order valence-electron chi connectivity index (χ1n) is 5.83. The fourth-order valence-electron chi connectivity index (χ4n) is 1.86. The molecule has 4 nitrogen and oxygen atoms in total. The van der Waals surface area contributed by atoms with Gasteiger partial charge in [0.05, 0.1) is 17.2 Å². The summed E-state index contributed by atoms with van der Waals surface area (Å²) < 4.78 is 12.8. The van der Waals surface area contributed by atoms with Crippen LogP contribution in [0.25, 0.3) is 22.2 Å². The third-order valence-corrected chi connectivity index (χ3v) is 2.86. The van der Waals surface area contributed by atoms with Gasteiger partial charge in [0.1, 0.15) is 5.82 Å². The van der Waals surface area contributed by atoms with Gasteiger partial charge in [-0.15, -0.1) is 0 Å². The normalized spacial score (nSPS) is 10.6. The molecule has 0 bridgehead atoms. The zero-order valence-electron chi connectivity index (χ0n) is 10.3. The van der Waals surface area contributed by atoms with Gasteiger partial charge in [0, 0.05) is 18.8 Å². The van der Waals surface area contributed by atoms with Gasteiger partial charge in [-0.1, -0.05) is 6.07 Å². The van der Waals surface area contributed by atoms with E-state index in [0.29, 0.717) is 5.82 Å². The molecule has 0 atom stereocenters. The Morgan fingerprint density at radius 3 is 2.53 bits per heavy atom. The summed E-state index contributed by atoms with van der Waals surface area (Å²) >= 11 is 0. The van der Waals surface area contributed by atoms with Crippen LogP contribution >= 0.6 is 0 Å². The maximum atomic E-state index is 12.8. The lowest BCUT2D eigenvalue weighted by atomic mass is 10.1. The standard InChI is InChI=1S/C14H11FN4/c1-16-14-8-17-11-4-2-9(6-12(11)19-14)10-3-5-13(15)18-7-10/h2-8H,1H3,(H,16,19). The van der Waals surface area contributed by atoms with Crippen molar-refractivity contribution >= 4 is 16.9 Å². The Labute approximate surface area is 109 Å². The van der Waals surface area contributed by atoms with Gasteiger partial charge in [-0.2, -0.15) is 4.39 Å². The smallest absolute Gasteiger partial charge is 0.212 e. The number of aromatic nitrogens is 3. The summed E-state index contributed by atoms with van der Waals surface area (Å²) in [5.74, 6) is 0.226. The Balaban J connectivity index is 2.12. The van der Waals surface area contributed by atoms with Gasteiger partial charge in [0.15, 0.2) is 0 Å². The number of halogens is 1. The number of benzene rings is 1. The molecule has 0 aliphatic heterocycles. The molecule has 1 N–H and O–H groups in total. The first-order valence-corrected chi connectivity index (χ1v) is 5.83. The third-order valence-electron chi connectivity index (χ3n) is 2.86. The van der Waals surface area contributed by atoms with Gasteiger partial charge < -0.3 is 5.32 Å². The van der Waals surface area contributed by atoms with E-state index >= 15 is 0 Å². The lowest BCUT2D eigenvalue weighted by Gasteiger charge is -2.04. The molecule has 0 radical (unpaired) electrons. The molecule has 0 saturated heterocycles. The average molecular weight is 254 g/mol. The van der Waals surface area contributed by atoms with Gasteiger partial charge in [-0.05, 0) is 29.8 Å². The zero-order valence-corrected chi connectivity index (χ0v) is 10.3. The van der Waals surface area contributed by atoms with E-state index < -0.39 is 5.95 Å². The van der Waals surface area contributed by atoms with Crippen molar-refractivity contribution in [2.75, 3.05) is 12.4 Å². The summed E-state index contributed by atoms with van der Waals surface area (Å²) in [7, 11) is 1.80. The van der Waals surface area contributed by atoms with E-state index in [2.05, 4.69) is 20.3 Å². The molecule has 0 unspecified atom stereocenters. The molecule has 0 spiro atoms. The Morgan fingerprint density at radius 1 is 0.947 bits per heavy atom. The van der Waals surface area contributed by atoms with E-state index in [4.69, 9.17) is 0 Å². The minimum absolute atomic E-state index is 0.484. The SMILES string of the molecule is CNc1cnc2ccc(-c3ccc(F)nc3)cc2n1. The van der Waals surface area contributed by atoms with Crippen molar-refractivity contribution in [3.05, 3.63) is 48.7 Å². The number of fused-ring (bicyclic) bond motifs is 1. The lowest BCUT2D eigenvalue weighted by molar-refractivity contribution is 0.584. The molecule has 0 aliphatic carbocycles. The highest BCUT2D eigenvalue weighted by Crippen LogP contribution is 2.22. The van der Waals surface area contributed by atoms with Crippen LogP contribution in [-0.2, 0) is 0 Å². The maximum Gasteiger partial charge on any atom is 0.212 e. The van der Waals surface area contributed by atoms with Crippen molar-refractivity contribution in [1.82, 2.24) is 15.0 Å². The summed E-state index contributed by atoms with van der Waals surface area (Å²) in [6.07, 6.45) is 3.19. The molecular weight excluding hydrogens is 243 g/mol. The molecule has 0 fully saturated rings. The molecule has 2 heterocycles. The van der Waals surface area contributed by atoms with Crippen LogP contribution < -0.4 is 5.32 Å². The Hall–Kier alpha value is -2.56. The van der Waals surface area contributed by atoms with Crippen molar-refractivity contribution in [2.45, 2.75) is 0 Å². The number of nitrogens with one attached hydrogen (secondary N) is 1. The minimum atomic E-state index is -0.484. The lowest BCUT2D eigenvalue weighted by Crippen LogP contribution is -1.94. The average Bonchev–Trinajstić information content (AvgIpc) is 2.47. The molecule has 0 aliphatic rings. The number of pyridine rings is 1. The predicted octanol–water partition coefficient (Wildman–Crippen LogP) is 2.87. The molecule has 19 heavy (non-hydrogen) atoms. The fourth-order valence-corrected chi connectivity index (χ4v) is 1.86. The highest BCUT2D eigenvalue weighted by atomic mass is 19.1. The van der Waals surface area contributed by atoms with Crippen LogP contribution in [0.2, 0.25) is 0 Å². The summed E-state index contributed by atoms with van der Waals surface area (Å²) in [6.45, 7) is 0. The highest BCUT2D eigenvalue weighted by Gasteiger charge is 2.03. The van der Waals surface area contributed by atoms with Gasteiger partial charge in [0.2, 0.25) is 5.95 Å². The van der Waals surface area contributed by atoms with E-state index in [-0.39, 0.29) is 0 Å². The molecule has 3 aromatic rings. The van der Waals surface area contributed by atoms with Gasteiger partial charge in [-0.3, -0.25) is 4.98 Å². The molecule has 94 valence electrons. The number of anilines is 1. The van der Waals surface area contributed by atoms with Crippen LogP contribution in [0.4, 0.5) is 10.2 Å². The number of hydrogen-bond acceptors (Lipinski definition) is 4. The van der Waals surface area contributed by atoms with Crippen LogP contribution in [0, 0.1) is 5.95 Å². The molecule has 5 heteroatoms. The van der Waals surface area contributed by atoms with Crippen LogP contribution in [-0.4, -0.2) is 22.0 Å². The molecule has 3 rings (SSSR count). The first kappa shape index (κ1) is 11.5. The number of hydrogen-bond donors (Lipinski definition) is 1. The molecule has 0 saturated carbocycles. The van der Waals surface area contributed by atoms with Gasteiger partial charge in [0.25, 0.3) is 0 Å². The van der Waals surface area contributed by atoms with Gasteiger partial charge >= 0.3 is 0 Å². The number of nitrogens with zero attached hydrogens (tertiary/aromatic N) is 3. The Bertz CT molecular complexity index is 725. The summed E-state index contributed by atoms with van der Waals surface area (Å²) in [4.78, 5) is 12.4. The zero-order chi connectivity index (χ0) is 13.2. The van der Waals surface area contributed by atoms with Gasteiger partial charge in [-0.25, -0.2) is 9.97 Å². The second-order valence-corrected chi connectivity index (χ2v) is 4.08. The van der Waals surface area contributed by atoms with E-state index in [9.17, 15) is 4.39 Å². The second kappa shape index (κ2) is 4.61. The van der Waals surface area contributed by atoms with Crippen LogP contribution in [0.5, 0.6) is 0 Å². The van der Waals surface area contributed by atoms with E-state index in [0.717, 1.165) is 22.2 Å². The minimum Gasteiger partial charge on any atom is -0.372 e. The molecule has 0 amide bonds. The molecular formula is C14H11FN4. The molecule has 2 aromatic heterocycles. The predicted molar refractivity (Wildman–Crippen MR) is 72.3 cm³/mol. The Morgan fingerprint density at radius 2 is 1.79 bits per heavy atom. The first-order chi connectivity index (χ1) is 9.26. The summed E-state index contributed by atoms with van der Waals surface area (Å²) in [5.41, 5.74) is 3.38. The van der Waals surface area contributed by atoms with Crippen molar-refractivity contribution in [3.63, 3.8) is 0 Å². The quantitative estimate of drug-likeness (QED) is 0.714. The fraction of sp³-hybridized carbons (Fsp3) is 0.0714. The largest absolute Gasteiger partial charge is 0.372 e. The van der Waals surface area contributed by atoms with E-state index in [1.54, 1.807) is 19.3 Å². The van der Waals surface area contributed by atoms with Crippen molar-refractivity contribution in [2.24, 2.45) is 0 Å². The summed E-state index contributed by atoms with van der Waals surface area (Å²) in [6, 6.07) is 8.76. The van der Waals surface area contributed by atoms with Crippen LogP contribution in [0.15, 0.2) is 42.7 Å². The van der Waals surface area contributed by atoms with Crippen LogP contribution in [0.3, 0.4) is 0 Å². The monoisotopic (exact) mass is 254 g/mol. The topological polar surface area (TPSA) is 50.7 Å². The molecule has 1 aromatic carbocycles. The van der Waals surface area contributed by atoms with Crippen molar-refractivity contribution < 1.29 is 4.39 Å². The Kier molecular flexibility index (Phi) is 2.79. The highest BCUT2D eigenvalue weighted by molar-refractivity contribution is 5.81. The van der Waals surface area contributed by atoms with Crippen LogP contribution in [0.1, 0.15) is 0 Å². The van der Waals surface area contributed by atoms with E-state index in [1.807, 2.05) is 18.2 Å². The van der Waals surface area contributed by atoms with Crippen molar-refractivity contribution in [3.8, 4) is 11.1 Å². The second-order valence-electron chi connectivity index (χ2n) is 4.08. The number of rotatable bonds is 2.